The van der Waals surface area contributed by atoms with E-state index in [1.165, 1.54) is 6.33 Å². The summed E-state index contributed by atoms with van der Waals surface area (Å²) in [5.74, 6) is 0.516. The second-order valence-corrected chi connectivity index (χ2v) is 3.48. The second kappa shape index (κ2) is 5.56. The number of aromatic amines is 1. The molecule has 0 spiro atoms. The first-order chi connectivity index (χ1) is 7.20. The van der Waals surface area contributed by atoms with Crippen LogP contribution in [0.4, 0.5) is 5.82 Å². The van der Waals surface area contributed by atoms with Gasteiger partial charge >= 0.3 is 0 Å². The van der Waals surface area contributed by atoms with E-state index in [1.54, 1.807) is 6.08 Å². The van der Waals surface area contributed by atoms with Crippen LogP contribution >= 0.6 is 11.6 Å². The molecule has 0 radical (unpaired) electrons. The van der Waals surface area contributed by atoms with Crippen molar-refractivity contribution >= 4 is 17.4 Å². The lowest BCUT2D eigenvalue weighted by Crippen LogP contribution is -2.27. The van der Waals surface area contributed by atoms with E-state index in [4.69, 9.17) is 11.6 Å². The quantitative estimate of drug-likeness (QED) is 0.781. The predicted octanol–water partition coefficient (Wildman–Crippen LogP) is 1.83. The normalized spacial score (nSPS) is 10.0. The fourth-order valence-electron chi connectivity index (χ4n) is 1.30. The summed E-state index contributed by atoms with van der Waals surface area (Å²) in [6, 6.07) is 0. The molecule has 0 amide bonds. The maximum Gasteiger partial charge on any atom is 0.271 e. The van der Waals surface area contributed by atoms with Crippen LogP contribution in [0.2, 0.25) is 5.02 Å². The highest BCUT2D eigenvalue weighted by Gasteiger charge is 2.11. The van der Waals surface area contributed by atoms with Gasteiger partial charge in [0.1, 0.15) is 5.02 Å². The average Bonchev–Trinajstić information content (AvgIpc) is 2.22. The van der Waals surface area contributed by atoms with Gasteiger partial charge in [0, 0.05) is 13.1 Å². The molecule has 0 saturated heterocycles. The molecule has 5 heteroatoms. The maximum absolute atomic E-state index is 11.3. The number of nitrogens with one attached hydrogen (secondary N) is 1. The lowest BCUT2D eigenvalue weighted by molar-refractivity contribution is 0.798. The Kier molecular flexibility index (Phi) is 4.37. The summed E-state index contributed by atoms with van der Waals surface area (Å²) in [6.45, 7) is 7.14. The standard InChI is InChI=1S/C10H14ClN3O/c1-3-5-14(6-4-2)9-8(11)10(15)13-7-12-9/h3,7H,1,4-6H2,2H3,(H,12,13,15). The zero-order chi connectivity index (χ0) is 11.3. The van der Waals surface area contributed by atoms with Gasteiger partial charge in [-0.25, -0.2) is 4.98 Å². The summed E-state index contributed by atoms with van der Waals surface area (Å²) in [5.41, 5.74) is -0.313. The van der Waals surface area contributed by atoms with Crippen molar-refractivity contribution in [3.63, 3.8) is 0 Å². The van der Waals surface area contributed by atoms with E-state index < -0.39 is 0 Å². The third-order valence-corrected chi connectivity index (χ3v) is 2.26. The van der Waals surface area contributed by atoms with Crippen LogP contribution in [-0.4, -0.2) is 23.1 Å². The molecule has 15 heavy (non-hydrogen) atoms. The van der Waals surface area contributed by atoms with E-state index in [0.29, 0.717) is 12.4 Å². The largest absolute Gasteiger partial charge is 0.351 e. The Balaban J connectivity index is 3.04. The first kappa shape index (κ1) is 11.8. The Hall–Kier alpha value is -1.29. The summed E-state index contributed by atoms with van der Waals surface area (Å²) in [4.78, 5) is 19.7. The highest BCUT2D eigenvalue weighted by atomic mass is 35.5. The van der Waals surface area contributed by atoms with Crippen molar-refractivity contribution in [2.24, 2.45) is 0 Å². The zero-order valence-electron chi connectivity index (χ0n) is 8.66. The Morgan fingerprint density at radius 1 is 1.73 bits per heavy atom. The topological polar surface area (TPSA) is 49.0 Å². The molecule has 0 aliphatic carbocycles. The van der Waals surface area contributed by atoms with Crippen molar-refractivity contribution in [1.82, 2.24) is 9.97 Å². The smallest absolute Gasteiger partial charge is 0.271 e. The van der Waals surface area contributed by atoms with Crippen LogP contribution in [0.5, 0.6) is 0 Å². The van der Waals surface area contributed by atoms with Gasteiger partial charge in [-0.05, 0) is 6.42 Å². The summed E-state index contributed by atoms with van der Waals surface area (Å²) in [5, 5.41) is 0.132. The van der Waals surface area contributed by atoms with Crippen molar-refractivity contribution < 1.29 is 0 Å². The first-order valence-corrected chi connectivity index (χ1v) is 5.17. The molecule has 1 heterocycles. The fourth-order valence-corrected chi connectivity index (χ4v) is 1.53. The first-order valence-electron chi connectivity index (χ1n) is 4.79. The molecule has 0 unspecified atom stereocenters. The molecule has 0 bridgehead atoms. The molecule has 0 aromatic carbocycles. The lowest BCUT2D eigenvalue weighted by atomic mass is 10.4. The van der Waals surface area contributed by atoms with Crippen LogP contribution in [0.3, 0.4) is 0 Å². The number of hydrogen-bond acceptors (Lipinski definition) is 3. The Morgan fingerprint density at radius 2 is 2.47 bits per heavy atom. The lowest BCUT2D eigenvalue weighted by Gasteiger charge is -2.21. The number of nitrogens with zero attached hydrogens (tertiary/aromatic N) is 2. The van der Waals surface area contributed by atoms with Gasteiger partial charge in [0.05, 0.1) is 6.33 Å². The van der Waals surface area contributed by atoms with E-state index in [2.05, 4.69) is 23.5 Å². The van der Waals surface area contributed by atoms with Gasteiger partial charge in [-0.2, -0.15) is 0 Å². The molecule has 0 aliphatic rings. The molecular weight excluding hydrogens is 214 g/mol. The van der Waals surface area contributed by atoms with Crippen molar-refractivity contribution in [3.8, 4) is 0 Å². The Bertz CT molecular complexity index is 388. The van der Waals surface area contributed by atoms with Gasteiger partial charge in [0.2, 0.25) is 0 Å². The monoisotopic (exact) mass is 227 g/mol. The molecule has 1 aromatic rings. The van der Waals surface area contributed by atoms with Crippen molar-refractivity contribution in [2.75, 3.05) is 18.0 Å². The van der Waals surface area contributed by atoms with Crippen LogP contribution in [0.15, 0.2) is 23.8 Å². The van der Waals surface area contributed by atoms with Crippen molar-refractivity contribution in [1.29, 1.82) is 0 Å². The molecule has 0 aliphatic heterocycles. The zero-order valence-corrected chi connectivity index (χ0v) is 9.42. The molecule has 1 N–H and O–H groups in total. The SMILES string of the molecule is C=CCN(CCC)c1nc[nH]c(=O)c1Cl. The number of halogens is 1. The molecule has 0 fully saturated rings. The van der Waals surface area contributed by atoms with Gasteiger partial charge in [-0.15, -0.1) is 6.58 Å². The summed E-state index contributed by atoms with van der Waals surface area (Å²) < 4.78 is 0. The molecule has 1 rings (SSSR count). The summed E-state index contributed by atoms with van der Waals surface area (Å²) in [7, 11) is 0. The third-order valence-electron chi connectivity index (χ3n) is 1.92. The van der Waals surface area contributed by atoms with E-state index in [-0.39, 0.29) is 10.6 Å². The molecule has 0 saturated carbocycles. The van der Waals surface area contributed by atoms with Gasteiger partial charge in [-0.1, -0.05) is 24.6 Å². The number of anilines is 1. The minimum atomic E-state index is -0.313. The Labute approximate surface area is 93.6 Å². The number of H-pyrrole nitrogens is 1. The van der Waals surface area contributed by atoms with E-state index in [1.807, 2.05) is 4.90 Å². The Morgan fingerprint density at radius 3 is 3.07 bits per heavy atom. The molecule has 4 nitrogen and oxygen atoms in total. The van der Waals surface area contributed by atoms with Gasteiger partial charge in [0.15, 0.2) is 5.82 Å². The average molecular weight is 228 g/mol. The number of rotatable bonds is 5. The van der Waals surface area contributed by atoms with E-state index in [9.17, 15) is 4.79 Å². The highest BCUT2D eigenvalue weighted by molar-refractivity contribution is 6.32. The van der Waals surface area contributed by atoms with Gasteiger partial charge in [-0.3, -0.25) is 4.79 Å². The maximum atomic E-state index is 11.3. The van der Waals surface area contributed by atoms with Crippen LogP contribution in [-0.2, 0) is 0 Å². The van der Waals surface area contributed by atoms with Gasteiger partial charge in [0.25, 0.3) is 5.56 Å². The van der Waals surface area contributed by atoms with Crippen LogP contribution in [0, 0.1) is 0 Å². The minimum absolute atomic E-state index is 0.132. The van der Waals surface area contributed by atoms with Gasteiger partial charge < -0.3 is 9.88 Å². The third kappa shape index (κ3) is 2.83. The molecular formula is C10H14ClN3O. The van der Waals surface area contributed by atoms with Crippen molar-refractivity contribution in [3.05, 3.63) is 34.4 Å². The second-order valence-electron chi connectivity index (χ2n) is 3.10. The molecule has 82 valence electrons. The fraction of sp³-hybridized carbons (Fsp3) is 0.400. The van der Waals surface area contributed by atoms with E-state index >= 15 is 0 Å². The van der Waals surface area contributed by atoms with Crippen molar-refractivity contribution in [2.45, 2.75) is 13.3 Å². The predicted molar refractivity (Wildman–Crippen MR) is 62.6 cm³/mol. The number of aromatic nitrogens is 2. The molecule has 1 aromatic heterocycles. The molecule has 0 atom stereocenters. The summed E-state index contributed by atoms with van der Waals surface area (Å²) in [6.07, 6.45) is 4.07. The van der Waals surface area contributed by atoms with Crippen LogP contribution in [0.25, 0.3) is 0 Å². The van der Waals surface area contributed by atoms with E-state index in [0.717, 1.165) is 13.0 Å². The highest BCUT2D eigenvalue weighted by Crippen LogP contribution is 2.18. The van der Waals surface area contributed by atoms with Crippen LogP contribution < -0.4 is 10.5 Å². The van der Waals surface area contributed by atoms with Crippen LogP contribution in [0.1, 0.15) is 13.3 Å². The number of hydrogen-bond donors (Lipinski definition) is 1. The minimum Gasteiger partial charge on any atom is -0.351 e. The summed E-state index contributed by atoms with van der Waals surface area (Å²) >= 11 is 5.88.